The number of halogens is 1. The van der Waals surface area contributed by atoms with Crippen LogP contribution in [0.25, 0.3) is 0 Å². The second-order valence-corrected chi connectivity index (χ2v) is 5.65. The summed E-state index contributed by atoms with van der Waals surface area (Å²) in [7, 11) is 0. The number of hydrogen-bond donors (Lipinski definition) is 1. The Morgan fingerprint density at radius 1 is 1.50 bits per heavy atom. The van der Waals surface area contributed by atoms with Crippen LogP contribution in [0.15, 0.2) is 16.6 Å². The normalized spacial score (nSPS) is 11.1. The van der Waals surface area contributed by atoms with Gasteiger partial charge in [0, 0.05) is 4.47 Å². The van der Waals surface area contributed by atoms with Gasteiger partial charge in [-0.05, 0) is 38.5 Å². The Balaban J connectivity index is 2.98. The summed E-state index contributed by atoms with van der Waals surface area (Å²) in [6, 6.07) is 3.46. The molecule has 1 aromatic carbocycles. The van der Waals surface area contributed by atoms with Crippen LogP contribution in [-0.4, -0.2) is 24.0 Å². The van der Waals surface area contributed by atoms with Gasteiger partial charge < -0.3 is 9.84 Å². The molecule has 0 aliphatic carbocycles. The molecule has 4 nitrogen and oxygen atoms in total. The van der Waals surface area contributed by atoms with Gasteiger partial charge in [0.05, 0.1) is 11.0 Å². The van der Waals surface area contributed by atoms with E-state index >= 15 is 0 Å². The number of aldehydes is 1. The van der Waals surface area contributed by atoms with Crippen molar-refractivity contribution < 1.29 is 19.4 Å². The highest BCUT2D eigenvalue weighted by atomic mass is 79.9. The van der Waals surface area contributed by atoms with Crippen LogP contribution in [0.4, 0.5) is 0 Å². The van der Waals surface area contributed by atoms with Gasteiger partial charge >= 0.3 is 5.97 Å². The maximum absolute atomic E-state index is 11.0. The molecule has 0 atom stereocenters. The van der Waals surface area contributed by atoms with Crippen LogP contribution >= 0.6 is 15.9 Å². The average Bonchev–Trinajstić information content (AvgIpc) is 2.26. The summed E-state index contributed by atoms with van der Waals surface area (Å²) in [5.41, 5.74) is 0.190. The smallest absolute Gasteiger partial charge is 0.312 e. The van der Waals surface area contributed by atoms with Gasteiger partial charge in [-0.15, -0.1) is 0 Å². The Bertz CT molecular complexity index is 480. The van der Waals surface area contributed by atoms with Crippen LogP contribution < -0.4 is 4.74 Å². The van der Waals surface area contributed by atoms with Crippen LogP contribution in [0.1, 0.15) is 29.8 Å². The highest BCUT2D eigenvalue weighted by Crippen LogP contribution is 2.28. The Morgan fingerprint density at radius 3 is 2.61 bits per heavy atom. The molecular formula is C13H15BrO4. The lowest BCUT2D eigenvalue weighted by Gasteiger charge is -2.21. The second-order valence-electron chi connectivity index (χ2n) is 4.74. The monoisotopic (exact) mass is 314 g/mol. The molecule has 1 rings (SSSR count). The lowest BCUT2D eigenvalue weighted by atomic mass is 9.95. The van der Waals surface area contributed by atoms with E-state index in [1.165, 1.54) is 0 Å². The van der Waals surface area contributed by atoms with Crippen LogP contribution in [0.5, 0.6) is 5.75 Å². The maximum atomic E-state index is 11.0. The molecule has 0 saturated carbocycles. The molecule has 0 heterocycles. The molecule has 0 fully saturated rings. The van der Waals surface area contributed by atoms with E-state index in [1.54, 1.807) is 26.8 Å². The van der Waals surface area contributed by atoms with E-state index in [0.717, 1.165) is 10.0 Å². The molecule has 0 bridgehead atoms. The molecule has 0 aliphatic rings. The highest BCUT2D eigenvalue weighted by Gasteiger charge is 2.28. The first-order valence-corrected chi connectivity index (χ1v) is 6.19. The zero-order valence-corrected chi connectivity index (χ0v) is 12.1. The minimum Gasteiger partial charge on any atom is -0.491 e. The number of rotatable bonds is 5. The van der Waals surface area contributed by atoms with Crippen LogP contribution in [0.2, 0.25) is 0 Å². The summed E-state index contributed by atoms with van der Waals surface area (Å²) in [6.07, 6.45) is 0.695. The number of carboxylic acids is 1. The van der Waals surface area contributed by atoms with E-state index in [0.29, 0.717) is 17.6 Å². The number of carbonyl (C=O) groups excluding carboxylic acids is 1. The lowest BCUT2D eigenvalue weighted by molar-refractivity contribution is -0.148. The van der Waals surface area contributed by atoms with Crippen molar-refractivity contribution in [2.45, 2.75) is 20.8 Å². The van der Waals surface area contributed by atoms with Gasteiger partial charge in [0.15, 0.2) is 6.29 Å². The fourth-order valence-corrected chi connectivity index (χ4v) is 1.94. The van der Waals surface area contributed by atoms with Gasteiger partial charge in [0.25, 0.3) is 0 Å². The molecule has 1 N–H and O–H groups in total. The number of carbonyl (C=O) groups is 2. The van der Waals surface area contributed by atoms with Crippen LogP contribution in [0.3, 0.4) is 0 Å². The van der Waals surface area contributed by atoms with E-state index in [9.17, 15) is 9.59 Å². The number of carboxylic acid groups (broad SMARTS) is 1. The summed E-state index contributed by atoms with van der Waals surface area (Å²) in [6.45, 7) is 4.96. The molecule has 0 aromatic heterocycles. The van der Waals surface area contributed by atoms with Gasteiger partial charge in [0.1, 0.15) is 12.4 Å². The average molecular weight is 315 g/mol. The van der Waals surface area contributed by atoms with Crippen molar-refractivity contribution in [1.82, 2.24) is 0 Å². The summed E-state index contributed by atoms with van der Waals surface area (Å²) in [5, 5.41) is 9.00. The van der Waals surface area contributed by atoms with E-state index in [4.69, 9.17) is 9.84 Å². The van der Waals surface area contributed by atoms with Gasteiger partial charge in [-0.2, -0.15) is 0 Å². The minimum atomic E-state index is -1.00. The third kappa shape index (κ3) is 3.32. The van der Waals surface area contributed by atoms with Crippen LogP contribution in [0, 0.1) is 12.3 Å². The summed E-state index contributed by atoms with van der Waals surface area (Å²) < 4.78 is 6.29. The van der Waals surface area contributed by atoms with Crippen LogP contribution in [-0.2, 0) is 4.79 Å². The fraction of sp³-hybridized carbons (Fsp3) is 0.385. The zero-order chi connectivity index (χ0) is 13.9. The number of aliphatic carboxylic acids is 1. The van der Waals surface area contributed by atoms with Crippen molar-refractivity contribution in [3.05, 3.63) is 27.7 Å². The molecule has 5 heteroatoms. The highest BCUT2D eigenvalue weighted by molar-refractivity contribution is 9.10. The second kappa shape index (κ2) is 5.52. The standard InChI is InChI=1S/C13H15BrO4/c1-8-4-10(14)5-9(6-15)11(8)18-7-13(2,3)12(16)17/h4-6H,7H2,1-3H3,(H,16,17). The molecule has 0 aliphatic heterocycles. The Hall–Kier alpha value is -1.36. The number of ether oxygens (including phenoxy) is 1. The molecule has 98 valence electrons. The Morgan fingerprint density at radius 2 is 2.11 bits per heavy atom. The molecule has 18 heavy (non-hydrogen) atoms. The van der Waals surface area contributed by atoms with Gasteiger partial charge in [-0.3, -0.25) is 9.59 Å². The molecule has 0 spiro atoms. The number of benzene rings is 1. The summed E-state index contributed by atoms with van der Waals surface area (Å²) >= 11 is 3.29. The maximum Gasteiger partial charge on any atom is 0.312 e. The van der Waals surface area contributed by atoms with Crippen molar-refractivity contribution in [3.8, 4) is 5.75 Å². The van der Waals surface area contributed by atoms with E-state index < -0.39 is 11.4 Å². The Kier molecular flexibility index (Phi) is 4.51. The largest absolute Gasteiger partial charge is 0.491 e. The van der Waals surface area contributed by atoms with Gasteiger partial charge in [-0.1, -0.05) is 15.9 Å². The first-order chi connectivity index (χ1) is 8.27. The first kappa shape index (κ1) is 14.7. The third-order valence-electron chi connectivity index (χ3n) is 2.55. The summed E-state index contributed by atoms with van der Waals surface area (Å²) in [5.74, 6) is -0.507. The number of aryl methyl sites for hydroxylation is 1. The van der Waals surface area contributed by atoms with E-state index in [1.807, 2.05) is 6.07 Å². The zero-order valence-electron chi connectivity index (χ0n) is 10.5. The SMILES string of the molecule is Cc1cc(Br)cc(C=O)c1OCC(C)(C)C(=O)O. The van der Waals surface area contributed by atoms with Gasteiger partial charge in [0.2, 0.25) is 0 Å². The number of hydrogen-bond acceptors (Lipinski definition) is 3. The van der Waals surface area contributed by atoms with Crippen molar-refractivity contribution >= 4 is 28.2 Å². The van der Waals surface area contributed by atoms with Crippen molar-refractivity contribution in [2.24, 2.45) is 5.41 Å². The Labute approximate surface area is 114 Å². The van der Waals surface area contributed by atoms with Crippen molar-refractivity contribution in [1.29, 1.82) is 0 Å². The van der Waals surface area contributed by atoms with Crippen molar-refractivity contribution in [2.75, 3.05) is 6.61 Å². The topological polar surface area (TPSA) is 63.6 Å². The molecule has 0 amide bonds. The lowest BCUT2D eigenvalue weighted by Crippen LogP contribution is -2.31. The minimum absolute atomic E-state index is 0.00560. The van der Waals surface area contributed by atoms with E-state index in [2.05, 4.69) is 15.9 Å². The van der Waals surface area contributed by atoms with Gasteiger partial charge in [-0.25, -0.2) is 0 Å². The molecule has 0 unspecified atom stereocenters. The molecule has 0 radical (unpaired) electrons. The molecule has 0 saturated heterocycles. The molecule has 1 aromatic rings. The third-order valence-corrected chi connectivity index (χ3v) is 3.01. The molecular weight excluding hydrogens is 300 g/mol. The fourth-order valence-electron chi connectivity index (χ4n) is 1.35. The quantitative estimate of drug-likeness (QED) is 0.848. The van der Waals surface area contributed by atoms with Crippen molar-refractivity contribution in [3.63, 3.8) is 0 Å². The predicted molar refractivity (Wildman–Crippen MR) is 71.2 cm³/mol. The summed E-state index contributed by atoms with van der Waals surface area (Å²) in [4.78, 5) is 22.0. The van der Waals surface area contributed by atoms with E-state index in [-0.39, 0.29) is 6.61 Å². The first-order valence-electron chi connectivity index (χ1n) is 5.39. The predicted octanol–water partition coefficient (Wildman–Crippen LogP) is 3.06.